The molecule has 0 spiro atoms. The van der Waals surface area contributed by atoms with E-state index in [0.29, 0.717) is 12.0 Å². The summed E-state index contributed by atoms with van der Waals surface area (Å²) in [5, 5.41) is 9.10. The maximum absolute atomic E-state index is 6.13. The molecule has 1 aliphatic heterocycles. The average molecular weight is 317 g/mol. The highest BCUT2D eigenvalue weighted by Gasteiger charge is 2.29. The number of aromatic nitrogens is 3. The van der Waals surface area contributed by atoms with Crippen LogP contribution >= 0.6 is 11.6 Å². The van der Waals surface area contributed by atoms with Crippen LogP contribution in [0.15, 0.2) is 30.6 Å². The van der Waals surface area contributed by atoms with Crippen LogP contribution in [-0.4, -0.2) is 32.3 Å². The van der Waals surface area contributed by atoms with Gasteiger partial charge >= 0.3 is 0 Å². The lowest BCUT2D eigenvalue weighted by molar-refractivity contribution is 0.116. The van der Waals surface area contributed by atoms with E-state index in [2.05, 4.69) is 37.9 Å². The van der Waals surface area contributed by atoms with Crippen molar-refractivity contribution in [3.05, 3.63) is 47.0 Å². The first-order chi connectivity index (χ1) is 10.8. The first-order valence-corrected chi connectivity index (χ1v) is 8.53. The smallest absolute Gasteiger partial charge is 0.147 e. The van der Waals surface area contributed by atoms with Gasteiger partial charge in [0.1, 0.15) is 12.2 Å². The third kappa shape index (κ3) is 2.77. The van der Waals surface area contributed by atoms with Crippen LogP contribution in [0.4, 0.5) is 0 Å². The Morgan fingerprint density at radius 3 is 2.77 bits per heavy atom. The molecule has 1 fully saturated rings. The molecule has 22 heavy (non-hydrogen) atoms. The van der Waals surface area contributed by atoms with Crippen LogP contribution in [0, 0.1) is 0 Å². The second-order valence-corrected chi connectivity index (χ2v) is 6.91. The van der Waals surface area contributed by atoms with E-state index >= 15 is 0 Å². The summed E-state index contributed by atoms with van der Waals surface area (Å²) in [6.07, 6.45) is 6.90. The van der Waals surface area contributed by atoms with Crippen LogP contribution < -0.4 is 0 Å². The van der Waals surface area contributed by atoms with Crippen LogP contribution in [0.25, 0.3) is 0 Å². The van der Waals surface area contributed by atoms with Crippen molar-refractivity contribution >= 4 is 11.6 Å². The molecular formula is C17H21ClN4. The fourth-order valence-corrected chi connectivity index (χ4v) is 4.13. The Hall–Kier alpha value is -1.39. The van der Waals surface area contributed by atoms with Gasteiger partial charge in [-0.2, -0.15) is 0 Å². The molecule has 0 radical (unpaired) electrons. The van der Waals surface area contributed by atoms with Gasteiger partial charge in [-0.25, -0.2) is 0 Å². The Labute approximate surface area is 136 Å². The molecule has 0 atom stereocenters. The Kier molecular flexibility index (Phi) is 3.89. The van der Waals surface area contributed by atoms with Crippen molar-refractivity contribution in [2.24, 2.45) is 0 Å². The van der Waals surface area contributed by atoms with Gasteiger partial charge in [0.2, 0.25) is 0 Å². The normalized spacial score (nSPS) is 25.9. The topological polar surface area (TPSA) is 34.0 Å². The summed E-state index contributed by atoms with van der Waals surface area (Å²) in [6.45, 7) is 3.10. The summed E-state index contributed by atoms with van der Waals surface area (Å²) in [5.41, 5.74) is 1.41. The van der Waals surface area contributed by atoms with E-state index in [1.165, 1.54) is 31.2 Å². The third-order valence-electron chi connectivity index (χ3n) is 5.20. The largest absolute Gasteiger partial charge is 0.315 e. The van der Waals surface area contributed by atoms with Crippen molar-refractivity contribution in [2.75, 3.05) is 6.54 Å². The highest BCUT2D eigenvalue weighted by Crippen LogP contribution is 2.36. The van der Waals surface area contributed by atoms with Crippen molar-refractivity contribution in [3.8, 4) is 0 Å². The lowest BCUT2D eigenvalue weighted by Crippen LogP contribution is -2.42. The molecule has 1 saturated carbocycles. The lowest BCUT2D eigenvalue weighted by atomic mass is 9.81. The number of rotatable bonds is 2. The molecule has 2 aromatic rings. The van der Waals surface area contributed by atoms with Gasteiger partial charge in [-0.1, -0.05) is 23.7 Å². The SMILES string of the molecule is Clc1cccc(C2CCC(N3CCn4cnnc4C3)CC2)c1. The summed E-state index contributed by atoms with van der Waals surface area (Å²) in [6, 6.07) is 9.08. The van der Waals surface area contributed by atoms with E-state index in [1.807, 2.05) is 12.4 Å². The van der Waals surface area contributed by atoms with Gasteiger partial charge in [-0.15, -0.1) is 10.2 Å². The molecule has 1 aromatic carbocycles. The second-order valence-electron chi connectivity index (χ2n) is 6.47. The number of hydrogen-bond acceptors (Lipinski definition) is 3. The number of hydrogen-bond donors (Lipinski definition) is 0. The molecule has 4 rings (SSSR count). The maximum Gasteiger partial charge on any atom is 0.147 e. The lowest BCUT2D eigenvalue weighted by Gasteiger charge is -2.38. The van der Waals surface area contributed by atoms with Gasteiger partial charge in [0.05, 0.1) is 6.54 Å². The van der Waals surface area contributed by atoms with Crippen LogP contribution in [0.1, 0.15) is 43.0 Å². The summed E-state index contributed by atoms with van der Waals surface area (Å²) >= 11 is 6.13. The molecule has 116 valence electrons. The summed E-state index contributed by atoms with van der Waals surface area (Å²) in [5.74, 6) is 1.78. The molecule has 1 aliphatic carbocycles. The number of halogens is 1. The van der Waals surface area contributed by atoms with E-state index in [1.54, 1.807) is 0 Å². The highest BCUT2D eigenvalue weighted by atomic mass is 35.5. The van der Waals surface area contributed by atoms with E-state index < -0.39 is 0 Å². The van der Waals surface area contributed by atoms with Gasteiger partial charge in [-0.05, 0) is 49.3 Å². The summed E-state index contributed by atoms with van der Waals surface area (Å²) in [7, 11) is 0. The van der Waals surface area contributed by atoms with E-state index in [-0.39, 0.29) is 0 Å². The Morgan fingerprint density at radius 1 is 1.09 bits per heavy atom. The molecule has 0 unspecified atom stereocenters. The summed E-state index contributed by atoms with van der Waals surface area (Å²) in [4.78, 5) is 2.60. The zero-order chi connectivity index (χ0) is 14.9. The van der Waals surface area contributed by atoms with Gasteiger partial charge in [0.15, 0.2) is 0 Å². The van der Waals surface area contributed by atoms with Crippen LogP contribution in [0.2, 0.25) is 5.02 Å². The van der Waals surface area contributed by atoms with Gasteiger partial charge in [0, 0.05) is 24.2 Å². The third-order valence-corrected chi connectivity index (χ3v) is 5.44. The minimum absolute atomic E-state index is 0.670. The monoisotopic (exact) mass is 316 g/mol. The first kappa shape index (κ1) is 14.2. The molecule has 5 heteroatoms. The Morgan fingerprint density at radius 2 is 1.95 bits per heavy atom. The zero-order valence-electron chi connectivity index (χ0n) is 12.7. The van der Waals surface area contributed by atoms with Gasteiger partial charge < -0.3 is 4.57 Å². The van der Waals surface area contributed by atoms with Crippen molar-refractivity contribution in [1.29, 1.82) is 0 Å². The maximum atomic E-state index is 6.13. The highest BCUT2D eigenvalue weighted by molar-refractivity contribution is 6.30. The average Bonchev–Trinajstić information content (AvgIpc) is 3.02. The van der Waals surface area contributed by atoms with E-state index in [4.69, 9.17) is 11.6 Å². The minimum Gasteiger partial charge on any atom is -0.315 e. The Balaban J connectivity index is 1.38. The Bertz CT molecular complexity index is 646. The number of fused-ring (bicyclic) bond motifs is 1. The molecule has 0 N–H and O–H groups in total. The molecule has 2 aliphatic rings. The van der Waals surface area contributed by atoms with E-state index in [0.717, 1.165) is 30.5 Å². The van der Waals surface area contributed by atoms with Crippen LogP contribution in [0.3, 0.4) is 0 Å². The van der Waals surface area contributed by atoms with Crippen molar-refractivity contribution in [3.63, 3.8) is 0 Å². The quantitative estimate of drug-likeness (QED) is 0.850. The summed E-state index contributed by atoms with van der Waals surface area (Å²) < 4.78 is 2.17. The van der Waals surface area contributed by atoms with Crippen LogP contribution in [0.5, 0.6) is 0 Å². The fraction of sp³-hybridized carbons (Fsp3) is 0.529. The number of benzene rings is 1. The number of nitrogens with zero attached hydrogens (tertiary/aromatic N) is 4. The van der Waals surface area contributed by atoms with Crippen molar-refractivity contribution in [2.45, 2.75) is 50.7 Å². The predicted molar refractivity (Wildman–Crippen MR) is 86.9 cm³/mol. The molecule has 1 aromatic heterocycles. The molecular weight excluding hydrogens is 296 g/mol. The van der Waals surface area contributed by atoms with Crippen molar-refractivity contribution < 1.29 is 0 Å². The molecule has 2 heterocycles. The standard InChI is InChI=1S/C17H21ClN4/c18-15-3-1-2-14(10-15)13-4-6-16(7-5-13)21-8-9-22-12-19-20-17(22)11-21/h1-3,10,12-13,16H,4-9,11H2. The second kappa shape index (κ2) is 6.01. The van der Waals surface area contributed by atoms with E-state index in [9.17, 15) is 0 Å². The van der Waals surface area contributed by atoms with Gasteiger partial charge in [-0.3, -0.25) is 4.90 Å². The first-order valence-electron chi connectivity index (χ1n) is 8.16. The molecule has 0 saturated heterocycles. The van der Waals surface area contributed by atoms with Crippen molar-refractivity contribution in [1.82, 2.24) is 19.7 Å². The molecule has 0 amide bonds. The molecule has 0 bridgehead atoms. The zero-order valence-corrected chi connectivity index (χ0v) is 13.4. The minimum atomic E-state index is 0.670. The fourth-order valence-electron chi connectivity index (χ4n) is 3.93. The predicted octanol–water partition coefficient (Wildman–Crippen LogP) is 3.47. The molecule has 4 nitrogen and oxygen atoms in total. The van der Waals surface area contributed by atoms with Gasteiger partial charge in [0.25, 0.3) is 0 Å². The van der Waals surface area contributed by atoms with Crippen LogP contribution in [-0.2, 0) is 13.1 Å².